The standard InChI is InChI=1S/C16H19N5O4S/c1-2-20-15(12-3-5-13(6-4-12)21(23)24)17-18-16(20)26-11-14(22)19-7-9-25-10-8-19/h3-6H,2,7-11H2,1H3. The summed E-state index contributed by atoms with van der Waals surface area (Å²) >= 11 is 1.35. The van der Waals surface area contributed by atoms with Crippen molar-refractivity contribution in [3.63, 3.8) is 0 Å². The highest BCUT2D eigenvalue weighted by molar-refractivity contribution is 7.99. The number of nitro groups is 1. The molecule has 1 aliphatic heterocycles. The van der Waals surface area contributed by atoms with E-state index in [-0.39, 0.29) is 11.6 Å². The summed E-state index contributed by atoms with van der Waals surface area (Å²) in [7, 11) is 0. The van der Waals surface area contributed by atoms with Crippen LogP contribution in [0.3, 0.4) is 0 Å². The minimum atomic E-state index is -0.438. The Labute approximate surface area is 154 Å². The molecule has 0 radical (unpaired) electrons. The number of carbonyl (C=O) groups excluding carboxylic acids is 1. The predicted octanol–water partition coefficient (Wildman–Crippen LogP) is 1.82. The second-order valence-corrected chi connectivity index (χ2v) is 6.58. The summed E-state index contributed by atoms with van der Waals surface area (Å²) in [5.74, 6) is 0.975. The van der Waals surface area contributed by atoms with E-state index in [4.69, 9.17) is 4.74 Å². The zero-order valence-electron chi connectivity index (χ0n) is 14.3. The molecule has 138 valence electrons. The van der Waals surface area contributed by atoms with Crippen LogP contribution < -0.4 is 0 Å². The van der Waals surface area contributed by atoms with Crippen LogP contribution in [0.25, 0.3) is 11.4 Å². The minimum absolute atomic E-state index is 0.0296. The van der Waals surface area contributed by atoms with E-state index in [2.05, 4.69) is 10.2 Å². The maximum Gasteiger partial charge on any atom is 0.269 e. The van der Waals surface area contributed by atoms with Crippen LogP contribution in [0.2, 0.25) is 0 Å². The monoisotopic (exact) mass is 377 g/mol. The van der Waals surface area contributed by atoms with Gasteiger partial charge in [0.25, 0.3) is 5.69 Å². The fourth-order valence-corrected chi connectivity index (χ4v) is 3.56. The second kappa shape index (κ2) is 8.28. The van der Waals surface area contributed by atoms with Gasteiger partial charge in [-0.3, -0.25) is 14.9 Å². The molecule has 9 nitrogen and oxygen atoms in total. The number of aromatic nitrogens is 3. The van der Waals surface area contributed by atoms with E-state index >= 15 is 0 Å². The van der Waals surface area contributed by atoms with Gasteiger partial charge in [-0.15, -0.1) is 10.2 Å². The zero-order valence-corrected chi connectivity index (χ0v) is 15.1. The molecule has 26 heavy (non-hydrogen) atoms. The Morgan fingerprint density at radius 1 is 1.27 bits per heavy atom. The Morgan fingerprint density at radius 3 is 2.58 bits per heavy atom. The molecule has 0 unspecified atom stereocenters. The van der Waals surface area contributed by atoms with E-state index in [1.807, 2.05) is 11.5 Å². The summed E-state index contributed by atoms with van der Waals surface area (Å²) in [6.07, 6.45) is 0. The maximum absolute atomic E-state index is 12.3. The van der Waals surface area contributed by atoms with Crippen LogP contribution in [0, 0.1) is 10.1 Å². The molecule has 2 heterocycles. The summed E-state index contributed by atoms with van der Waals surface area (Å²) in [5.41, 5.74) is 0.776. The van der Waals surface area contributed by atoms with Crippen LogP contribution in [0.5, 0.6) is 0 Å². The van der Waals surface area contributed by atoms with Gasteiger partial charge in [-0.05, 0) is 19.1 Å². The van der Waals surface area contributed by atoms with Crippen molar-refractivity contribution in [3.05, 3.63) is 34.4 Å². The first-order chi connectivity index (χ1) is 12.6. The summed E-state index contributed by atoms with van der Waals surface area (Å²) in [4.78, 5) is 24.4. The third-order valence-corrected chi connectivity index (χ3v) is 5.01. The van der Waals surface area contributed by atoms with E-state index in [1.165, 1.54) is 23.9 Å². The molecule has 1 fully saturated rings. The molecule has 1 saturated heterocycles. The van der Waals surface area contributed by atoms with Crippen molar-refractivity contribution in [1.82, 2.24) is 19.7 Å². The van der Waals surface area contributed by atoms with E-state index in [0.717, 1.165) is 5.56 Å². The Hall–Kier alpha value is -2.46. The number of ether oxygens (including phenoxy) is 1. The lowest BCUT2D eigenvalue weighted by Gasteiger charge is -2.26. The molecule has 0 aliphatic carbocycles. The lowest BCUT2D eigenvalue weighted by molar-refractivity contribution is -0.384. The Bertz CT molecular complexity index is 786. The molecule has 0 saturated carbocycles. The van der Waals surface area contributed by atoms with Crippen molar-refractivity contribution >= 4 is 23.4 Å². The third kappa shape index (κ3) is 4.02. The van der Waals surface area contributed by atoms with E-state index in [0.29, 0.717) is 49.6 Å². The number of non-ortho nitro benzene ring substituents is 1. The highest BCUT2D eigenvalue weighted by atomic mass is 32.2. The van der Waals surface area contributed by atoms with Gasteiger partial charge in [0.05, 0.1) is 23.9 Å². The lowest BCUT2D eigenvalue weighted by Crippen LogP contribution is -2.41. The van der Waals surface area contributed by atoms with Crippen molar-refractivity contribution in [3.8, 4) is 11.4 Å². The van der Waals surface area contributed by atoms with Gasteiger partial charge in [0.15, 0.2) is 11.0 Å². The smallest absolute Gasteiger partial charge is 0.269 e. The van der Waals surface area contributed by atoms with Crippen LogP contribution in [-0.4, -0.2) is 62.6 Å². The number of carbonyl (C=O) groups is 1. The molecule has 2 aromatic rings. The van der Waals surface area contributed by atoms with E-state index in [1.54, 1.807) is 17.0 Å². The number of nitro benzene ring substituents is 1. The number of hydrogen-bond donors (Lipinski definition) is 0. The van der Waals surface area contributed by atoms with Crippen molar-refractivity contribution in [1.29, 1.82) is 0 Å². The molecular formula is C16H19N5O4S. The number of amides is 1. The molecule has 1 aliphatic rings. The Morgan fingerprint density at radius 2 is 1.96 bits per heavy atom. The van der Waals surface area contributed by atoms with Gasteiger partial charge in [0.1, 0.15) is 0 Å². The Kier molecular flexibility index (Phi) is 5.84. The summed E-state index contributed by atoms with van der Waals surface area (Å²) in [6, 6.07) is 6.20. The summed E-state index contributed by atoms with van der Waals surface area (Å²) in [6.45, 7) is 4.99. The molecule has 1 amide bonds. The topological polar surface area (TPSA) is 103 Å². The minimum Gasteiger partial charge on any atom is -0.378 e. The molecule has 0 spiro atoms. The molecular weight excluding hydrogens is 358 g/mol. The van der Waals surface area contributed by atoms with Gasteiger partial charge in [-0.1, -0.05) is 11.8 Å². The van der Waals surface area contributed by atoms with Crippen molar-refractivity contribution in [2.75, 3.05) is 32.1 Å². The molecule has 0 bridgehead atoms. The van der Waals surface area contributed by atoms with Crippen LogP contribution in [-0.2, 0) is 16.1 Å². The highest BCUT2D eigenvalue weighted by Gasteiger charge is 2.19. The van der Waals surface area contributed by atoms with Gasteiger partial charge in [-0.2, -0.15) is 0 Å². The van der Waals surface area contributed by atoms with E-state index in [9.17, 15) is 14.9 Å². The fourth-order valence-electron chi connectivity index (χ4n) is 2.66. The number of morpholine rings is 1. The molecule has 0 atom stereocenters. The molecule has 1 aromatic heterocycles. The first kappa shape index (κ1) is 18.3. The molecule has 1 aromatic carbocycles. The number of rotatable bonds is 6. The summed E-state index contributed by atoms with van der Waals surface area (Å²) < 4.78 is 7.16. The van der Waals surface area contributed by atoms with Gasteiger partial charge < -0.3 is 14.2 Å². The Balaban J connectivity index is 1.71. The first-order valence-electron chi connectivity index (χ1n) is 8.26. The number of hydrogen-bond acceptors (Lipinski definition) is 7. The average Bonchev–Trinajstić information content (AvgIpc) is 3.09. The second-order valence-electron chi connectivity index (χ2n) is 5.64. The number of benzene rings is 1. The van der Waals surface area contributed by atoms with Crippen molar-refractivity contribution in [2.45, 2.75) is 18.6 Å². The van der Waals surface area contributed by atoms with Gasteiger partial charge in [0.2, 0.25) is 5.91 Å². The highest BCUT2D eigenvalue weighted by Crippen LogP contribution is 2.25. The molecule has 3 rings (SSSR count). The van der Waals surface area contributed by atoms with Crippen LogP contribution in [0.15, 0.2) is 29.4 Å². The average molecular weight is 377 g/mol. The van der Waals surface area contributed by atoms with E-state index < -0.39 is 4.92 Å². The number of nitrogens with zero attached hydrogens (tertiary/aromatic N) is 5. The SMILES string of the molecule is CCn1c(SCC(=O)N2CCOCC2)nnc1-c1ccc([N+](=O)[O-])cc1. The predicted molar refractivity (Wildman–Crippen MR) is 95.9 cm³/mol. The largest absolute Gasteiger partial charge is 0.378 e. The third-order valence-electron chi connectivity index (χ3n) is 4.06. The molecule has 0 N–H and O–H groups in total. The van der Waals surface area contributed by atoms with Crippen LogP contribution >= 0.6 is 11.8 Å². The number of thioether (sulfide) groups is 1. The van der Waals surface area contributed by atoms with Gasteiger partial charge >= 0.3 is 0 Å². The zero-order chi connectivity index (χ0) is 18.5. The fraction of sp³-hybridized carbons (Fsp3) is 0.438. The normalized spacial score (nSPS) is 14.4. The van der Waals surface area contributed by atoms with Crippen molar-refractivity contribution < 1.29 is 14.5 Å². The quantitative estimate of drug-likeness (QED) is 0.430. The molecule has 10 heteroatoms. The van der Waals surface area contributed by atoms with Gasteiger partial charge in [-0.25, -0.2) is 0 Å². The van der Waals surface area contributed by atoms with Gasteiger partial charge in [0, 0.05) is 37.3 Å². The van der Waals surface area contributed by atoms with Crippen LogP contribution in [0.1, 0.15) is 6.92 Å². The first-order valence-corrected chi connectivity index (χ1v) is 9.25. The van der Waals surface area contributed by atoms with Crippen molar-refractivity contribution in [2.24, 2.45) is 0 Å². The maximum atomic E-state index is 12.3. The van der Waals surface area contributed by atoms with Crippen LogP contribution in [0.4, 0.5) is 5.69 Å². The summed E-state index contributed by atoms with van der Waals surface area (Å²) in [5, 5.41) is 19.8. The lowest BCUT2D eigenvalue weighted by atomic mass is 10.2.